The largest absolute Gasteiger partial charge is 0.274 e. The lowest BCUT2D eigenvalue weighted by Gasteiger charge is -2.33. The summed E-state index contributed by atoms with van der Waals surface area (Å²) in [6.07, 6.45) is 9.77. The van der Waals surface area contributed by atoms with E-state index in [1.807, 2.05) is 24.3 Å². The molecule has 40 heavy (non-hydrogen) atoms. The molecular formula is C26H28Cl2N6O4S2. The third-order valence-corrected chi connectivity index (χ3v) is 9.47. The second-order valence-electron chi connectivity index (χ2n) is 9.89. The van der Waals surface area contributed by atoms with E-state index in [1.54, 1.807) is 17.1 Å². The van der Waals surface area contributed by atoms with Crippen molar-refractivity contribution in [3.05, 3.63) is 88.4 Å². The van der Waals surface area contributed by atoms with Crippen LogP contribution in [0.15, 0.2) is 87.8 Å². The second-order valence-corrected chi connectivity index (χ2v) is 13.8. The summed E-state index contributed by atoms with van der Waals surface area (Å²) in [7, 11) is -7.90. The minimum absolute atomic E-state index is 0.0185. The summed E-state index contributed by atoms with van der Waals surface area (Å²) in [6, 6.07) is 12.5. The van der Waals surface area contributed by atoms with Crippen molar-refractivity contribution in [3.8, 4) is 0 Å². The fourth-order valence-corrected chi connectivity index (χ4v) is 6.83. The highest BCUT2D eigenvalue weighted by Gasteiger charge is 2.38. The molecule has 14 heteroatoms. The van der Waals surface area contributed by atoms with Gasteiger partial charge < -0.3 is 0 Å². The number of benzene rings is 2. The van der Waals surface area contributed by atoms with Crippen LogP contribution in [-0.4, -0.2) is 52.1 Å². The van der Waals surface area contributed by atoms with Crippen molar-refractivity contribution in [1.82, 2.24) is 14.5 Å². The van der Waals surface area contributed by atoms with Gasteiger partial charge in [-0.05, 0) is 67.1 Å². The highest BCUT2D eigenvalue weighted by atomic mass is 35.5. The van der Waals surface area contributed by atoms with Gasteiger partial charge in [-0.25, -0.2) is 28.3 Å². The first-order valence-electron chi connectivity index (χ1n) is 12.6. The van der Waals surface area contributed by atoms with Crippen molar-refractivity contribution in [1.29, 1.82) is 0 Å². The number of nitrogens with one attached hydrogen (secondary N) is 2. The highest BCUT2D eigenvalue weighted by molar-refractivity contribution is 7.90. The summed E-state index contributed by atoms with van der Waals surface area (Å²) >= 11 is 12.1. The Hall–Kier alpha value is -2.74. The molecule has 5 rings (SSSR count). The predicted octanol–water partition coefficient (Wildman–Crippen LogP) is 3.42. The van der Waals surface area contributed by atoms with E-state index in [4.69, 9.17) is 33.4 Å². The number of sulfonamides is 1. The maximum atomic E-state index is 13.4. The van der Waals surface area contributed by atoms with Gasteiger partial charge in [-0.1, -0.05) is 59.6 Å². The van der Waals surface area contributed by atoms with Crippen LogP contribution < -0.4 is 14.6 Å². The van der Waals surface area contributed by atoms with Gasteiger partial charge in [0.1, 0.15) is 0 Å². The van der Waals surface area contributed by atoms with Crippen LogP contribution >= 0.6 is 23.2 Å². The molecular weight excluding hydrogens is 595 g/mol. The highest BCUT2D eigenvalue weighted by Crippen LogP contribution is 2.32. The van der Waals surface area contributed by atoms with Gasteiger partial charge in [0.05, 0.1) is 23.2 Å². The second kappa shape index (κ2) is 11.6. The molecule has 2 aromatic carbocycles. The van der Waals surface area contributed by atoms with Crippen molar-refractivity contribution >= 4 is 55.1 Å². The van der Waals surface area contributed by atoms with E-state index in [9.17, 15) is 16.8 Å². The topological polar surface area (TPSA) is 146 Å². The number of rotatable bonds is 7. The van der Waals surface area contributed by atoms with E-state index in [-0.39, 0.29) is 34.8 Å². The summed E-state index contributed by atoms with van der Waals surface area (Å²) in [6.45, 7) is 0.383. The Bertz CT molecular complexity index is 1580. The molecule has 0 bridgehead atoms. The molecule has 1 fully saturated rings. The van der Waals surface area contributed by atoms with Crippen molar-refractivity contribution in [2.24, 2.45) is 27.1 Å². The van der Waals surface area contributed by atoms with Crippen LogP contribution in [0.5, 0.6) is 0 Å². The fraction of sp³-hybridized carbons (Fsp3) is 0.308. The van der Waals surface area contributed by atoms with Crippen molar-refractivity contribution in [3.63, 3.8) is 0 Å². The van der Waals surface area contributed by atoms with Crippen LogP contribution in [0.3, 0.4) is 0 Å². The first kappa shape index (κ1) is 28.8. The summed E-state index contributed by atoms with van der Waals surface area (Å²) < 4.78 is 54.5. The van der Waals surface area contributed by atoms with Crippen LogP contribution in [0.4, 0.5) is 0 Å². The number of nitrogens with two attached hydrogens (primary N) is 1. The Kier molecular flexibility index (Phi) is 8.37. The lowest BCUT2D eigenvalue weighted by molar-refractivity contribution is 0.320. The minimum atomic E-state index is -4.04. The van der Waals surface area contributed by atoms with Crippen LogP contribution in [0, 0.1) is 11.8 Å². The number of hydrogen-bond acceptors (Lipinski definition) is 6. The smallest absolute Gasteiger partial charge is 0.248 e. The molecule has 0 aromatic heterocycles. The Morgan fingerprint density at radius 2 is 1.62 bits per heavy atom. The number of aliphatic imine (C=N–C) groups is 1. The van der Waals surface area contributed by atoms with Gasteiger partial charge in [-0.3, -0.25) is 0 Å². The molecule has 0 saturated heterocycles. The van der Waals surface area contributed by atoms with Gasteiger partial charge in [0.25, 0.3) is 20.2 Å². The van der Waals surface area contributed by atoms with Crippen molar-refractivity contribution < 1.29 is 16.8 Å². The van der Waals surface area contributed by atoms with E-state index in [1.165, 1.54) is 24.3 Å². The summed E-state index contributed by atoms with van der Waals surface area (Å²) in [5.74, 6) is 0.148. The normalized spacial score (nSPS) is 25.0. The third-order valence-electron chi connectivity index (χ3n) is 6.96. The Morgan fingerprint density at radius 1 is 0.975 bits per heavy atom. The third kappa shape index (κ3) is 6.93. The van der Waals surface area contributed by atoms with Gasteiger partial charge in [0.2, 0.25) is 5.96 Å². The predicted molar refractivity (Wildman–Crippen MR) is 157 cm³/mol. The minimum Gasteiger partial charge on any atom is -0.248 e. The molecule has 1 saturated carbocycles. The monoisotopic (exact) mass is 622 g/mol. The summed E-state index contributed by atoms with van der Waals surface area (Å²) in [5, 5.41) is 12.5. The number of nitrogens with zero attached hydrogens (tertiary/aromatic N) is 3. The Balaban J connectivity index is 1.48. The molecule has 2 aliphatic carbocycles. The van der Waals surface area contributed by atoms with Gasteiger partial charge >= 0.3 is 0 Å². The summed E-state index contributed by atoms with van der Waals surface area (Å²) in [5.41, 5.74) is 1.67. The van der Waals surface area contributed by atoms with E-state index in [0.717, 1.165) is 17.7 Å². The van der Waals surface area contributed by atoms with Crippen LogP contribution in [0.2, 0.25) is 10.0 Å². The average molecular weight is 624 g/mol. The van der Waals surface area contributed by atoms with Crippen LogP contribution in [0.25, 0.3) is 0 Å². The first-order chi connectivity index (χ1) is 19.0. The first-order valence-corrected chi connectivity index (χ1v) is 16.4. The fourth-order valence-electron chi connectivity index (χ4n) is 4.91. The molecule has 4 N–H and O–H groups in total. The van der Waals surface area contributed by atoms with E-state index in [0.29, 0.717) is 29.4 Å². The van der Waals surface area contributed by atoms with Gasteiger partial charge in [0.15, 0.2) is 0 Å². The van der Waals surface area contributed by atoms with Gasteiger partial charge in [-0.2, -0.15) is 18.2 Å². The van der Waals surface area contributed by atoms with Crippen molar-refractivity contribution in [2.75, 3.05) is 6.54 Å². The average Bonchev–Trinajstić information content (AvgIpc) is 3.33. The number of halogens is 2. The van der Waals surface area contributed by atoms with Crippen molar-refractivity contribution in [2.45, 2.75) is 36.2 Å². The summed E-state index contributed by atoms with van der Waals surface area (Å²) in [4.78, 5) is 4.70. The molecule has 1 heterocycles. The number of hydrogen-bond donors (Lipinski definition) is 3. The lowest BCUT2D eigenvalue weighted by Crippen LogP contribution is -2.50. The molecule has 1 aliphatic heterocycles. The van der Waals surface area contributed by atoms with Gasteiger partial charge in [-0.15, -0.1) is 0 Å². The molecule has 212 valence electrons. The van der Waals surface area contributed by atoms with Crippen LogP contribution in [0.1, 0.15) is 24.8 Å². The maximum Gasteiger partial charge on any atom is 0.274 e. The molecule has 3 aliphatic rings. The molecule has 2 atom stereocenters. The lowest BCUT2D eigenvalue weighted by atomic mass is 9.82. The maximum absolute atomic E-state index is 13.4. The molecule has 1 unspecified atom stereocenters. The Labute approximate surface area is 243 Å². The van der Waals surface area contributed by atoms with E-state index in [2.05, 4.69) is 26.6 Å². The van der Waals surface area contributed by atoms with Gasteiger partial charge in [0, 0.05) is 22.0 Å². The zero-order valence-corrected chi connectivity index (χ0v) is 24.3. The van der Waals surface area contributed by atoms with E-state index >= 15 is 0 Å². The zero-order chi connectivity index (χ0) is 28.5. The molecule has 0 amide bonds. The zero-order valence-electron chi connectivity index (χ0n) is 21.2. The molecule has 0 spiro atoms. The Morgan fingerprint density at radius 3 is 2.23 bits per heavy atom. The quantitative estimate of drug-likeness (QED) is 0.320. The number of allylic oxidation sites excluding steroid dienone is 4. The standard InChI is InChI=1S/C26H28Cl2N6O4S2/c27-19-8-6-18(7-9-19)25-24(17-4-2-1-3-5-17)16-34(31-25)26(30-21-14-22(15-21)32-40(29,37)38)33-39(35,36)23-12-10-20(28)11-13-23/h1-4,6-13,17,21-22,24,32H,5,14-16H2,(H,30,33)(H2,29,37,38)/t17?,21?,22?,24-/m1/s1. The molecule has 0 radical (unpaired) electrons. The van der Waals surface area contributed by atoms with Crippen LogP contribution in [-0.2, 0) is 20.2 Å². The molecule has 2 aromatic rings. The number of guanidine groups is 1. The number of hydrazone groups is 1. The molecule has 10 nitrogen and oxygen atoms in total. The SMILES string of the molecule is NS(=O)(=O)NC1CC(N=C(NS(=O)(=O)c2ccc(Cl)cc2)N2C[C@H](C3C=CC=CC3)C(c3ccc(Cl)cc3)=N2)C1. The van der Waals surface area contributed by atoms with E-state index < -0.39 is 20.2 Å².